The zero-order valence-electron chi connectivity index (χ0n) is 15.6. The lowest BCUT2D eigenvalue weighted by Gasteiger charge is -2.26. The molecule has 1 N–H and O–H groups in total. The number of rotatable bonds is 6. The Morgan fingerprint density at radius 1 is 0.704 bits per heavy atom. The van der Waals surface area contributed by atoms with Gasteiger partial charge >= 0.3 is 0 Å². The summed E-state index contributed by atoms with van der Waals surface area (Å²) in [5.41, 5.74) is 3.72. The fourth-order valence-corrected chi connectivity index (χ4v) is 2.81. The van der Waals surface area contributed by atoms with Gasteiger partial charge in [0.15, 0.2) is 0 Å². The van der Waals surface area contributed by atoms with Crippen LogP contribution in [0.1, 0.15) is 6.92 Å². The van der Waals surface area contributed by atoms with Crippen LogP contribution in [-0.4, -0.2) is 20.1 Å². The summed E-state index contributed by atoms with van der Waals surface area (Å²) in [4.78, 5) is 13.4. The molecule has 0 aliphatic heterocycles. The van der Waals surface area contributed by atoms with E-state index in [1.807, 2.05) is 72.8 Å². The third-order valence-electron chi connectivity index (χ3n) is 4.11. The van der Waals surface area contributed by atoms with Crippen LogP contribution in [0, 0.1) is 0 Å². The predicted octanol–water partition coefficient (Wildman–Crippen LogP) is 5.13. The molecule has 0 unspecified atom stereocenters. The number of nitrogens with zero attached hydrogens (tertiary/aromatic N) is 1. The van der Waals surface area contributed by atoms with Crippen molar-refractivity contribution in [3.63, 3.8) is 0 Å². The number of benzene rings is 3. The Labute approximate surface area is 159 Å². The number of hydrogen-bond donors (Lipinski definition) is 1. The summed E-state index contributed by atoms with van der Waals surface area (Å²) >= 11 is 0. The van der Waals surface area contributed by atoms with Crippen LogP contribution in [0.15, 0.2) is 72.8 Å². The summed E-state index contributed by atoms with van der Waals surface area (Å²) in [5, 5.41) is 2.79. The molecule has 5 nitrogen and oxygen atoms in total. The molecule has 5 heteroatoms. The number of nitrogens with one attached hydrogen (secondary N) is 1. The Kier molecular flexibility index (Phi) is 5.61. The smallest absolute Gasteiger partial charge is 0.221 e. The highest BCUT2D eigenvalue weighted by Crippen LogP contribution is 2.36. The van der Waals surface area contributed by atoms with Gasteiger partial charge in [-0.05, 0) is 72.8 Å². The molecule has 0 fully saturated rings. The average Bonchev–Trinajstić information content (AvgIpc) is 2.70. The molecule has 0 aliphatic carbocycles. The van der Waals surface area contributed by atoms with Gasteiger partial charge in [-0.15, -0.1) is 0 Å². The van der Waals surface area contributed by atoms with Crippen LogP contribution >= 0.6 is 0 Å². The molecule has 3 rings (SSSR count). The standard InChI is InChI=1S/C22H22N2O3/c1-16(25)23-17-4-6-18(7-5-17)24(19-8-12-21(26-2)13-9-19)20-10-14-22(27-3)15-11-20/h4-15H,1-3H3,(H,23,25). The molecule has 0 aromatic heterocycles. The van der Waals surface area contributed by atoms with Crippen LogP contribution in [0.2, 0.25) is 0 Å². The van der Waals surface area contributed by atoms with Gasteiger partial charge in [0.2, 0.25) is 5.91 Å². The van der Waals surface area contributed by atoms with Gasteiger partial charge in [0.05, 0.1) is 14.2 Å². The molecular formula is C22H22N2O3. The van der Waals surface area contributed by atoms with Crippen molar-refractivity contribution in [2.24, 2.45) is 0 Å². The molecule has 0 atom stereocenters. The lowest BCUT2D eigenvalue weighted by atomic mass is 10.1. The Morgan fingerprint density at radius 3 is 1.41 bits per heavy atom. The van der Waals surface area contributed by atoms with Gasteiger partial charge in [-0.1, -0.05) is 0 Å². The van der Waals surface area contributed by atoms with Gasteiger partial charge in [-0.2, -0.15) is 0 Å². The topological polar surface area (TPSA) is 50.8 Å². The van der Waals surface area contributed by atoms with E-state index in [0.29, 0.717) is 0 Å². The van der Waals surface area contributed by atoms with Crippen LogP contribution in [0.3, 0.4) is 0 Å². The zero-order valence-corrected chi connectivity index (χ0v) is 15.6. The normalized spacial score (nSPS) is 10.2. The second-order valence-corrected chi connectivity index (χ2v) is 5.96. The Hall–Kier alpha value is -3.47. The van der Waals surface area contributed by atoms with Crippen LogP contribution in [-0.2, 0) is 4.79 Å². The van der Waals surface area contributed by atoms with E-state index in [9.17, 15) is 4.79 Å². The van der Waals surface area contributed by atoms with E-state index in [2.05, 4.69) is 10.2 Å². The molecule has 0 spiro atoms. The molecule has 0 saturated carbocycles. The van der Waals surface area contributed by atoms with Crippen LogP contribution in [0.25, 0.3) is 0 Å². The first kappa shape index (κ1) is 18.3. The minimum atomic E-state index is -0.0927. The quantitative estimate of drug-likeness (QED) is 0.660. The number of hydrogen-bond acceptors (Lipinski definition) is 4. The monoisotopic (exact) mass is 362 g/mol. The molecule has 0 heterocycles. The van der Waals surface area contributed by atoms with Crippen molar-refractivity contribution in [2.45, 2.75) is 6.92 Å². The largest absolute Gasteiger partial charge is 0.497 e. The molecule has 0 aliphatic rings. The van der Waals surface area contributed by atoms with E-state index >= 15 is 0 Å². The maximum atomic E-state index is 11.3. The summed E-state index contributed by atoms with van der Waals surface area (Å²) in [6.45, 7) is 1.49. The summed E-state index contributed by atoms with van der Waals surface area (Å²) in [6, 6.07) is 23.4. The molecule has 0 saturated heterocycles. The third-order valence-corrected chi connectivity index (χ3v) is 4.11. The van der Waals surface area contributed by atoms with E-state index in [-0.39, 0.29) is 5.91 Å². The van der Waals surface area contributed by atoms with E-state index < -0.39 is 0 Å². The van der Waals surface area contributed by atoms with Crippen molar-refractivity contribution in [1.82, 2.24) is 0 Å². The highest BCUT2D eigenvalue weighted by atomic mass is 16.5. The maximum absolute atomic E-state index is 11.3. The highest BCUT2D eigenvalue weighted by Gasteiger charge is 2.13. The number of amides is 1. The minimum absolute atomic E-state index is 0.0927. The molecule has 138 valence electrons. The van der Waals surface area contributed by atoms with E-state index in [1.165, 1.54) is 6.92 Å². The summed E-state index contributed by atoms with van der Waals surface area (Å²) in [7, 11) is 3.30. The summed E-state index contributed by atoms with van der Waals surface area (Å²) in [6.07, 6.45) is 0. The van der Waals surface area contributed by atoms with Gasteiger partial charge in [0.25, 0.3) is 0 Å². The van der Waals surface area contributed by atoms with Crippen molar-refractivity contribution in [1.29, 1.82) is 0 Å². The third kappa shape index (κ3) is 4.39. The van der Waals surface area contributed by atoms with Crippen molar-refractivity contribution in [2.75, 3.05) is 24.4 Å². The van der Waals surface area contributed by atoms with E-state index in [4.69, 9.17) is 9.47 Å². The number of methoxy groups -OCH3 is 2. The summed E-state index contributed by atoms with van der Waals surface area (Å²) in [5.74, 6) is 1.51. The fraction of sp³-hybridized carbons (Fsp3) is 0.136. The molecule has 3 aromatic rings. The number of carbonyl (C=O) groups excluding carboxylic acids is 1. The number of ether oxygens (including phenoxy) is 2. The predicted molar refractivity (Wildman–Crippen MR) is 109 cm³/mol. The zero-order chi connectivity index (χ0) is 19.2. The second kappa shape index (κ2) is 8.27. The van der Waals surface area contributed by atoms with E-state index in [1.54, 1.807) is 14.2 Å². The second-order valence-electron chi connectivity index (χ2n) is 5.96. The molecule has 3 aromatic carbocycles. The van der Waals surface area contributed by atoms with Crippen LogP contribution in [0.4, 0.5) is 22.7 Å². The Balaban J connectivity index is 2.01. The average molecular weight is 362 g/mol. The molecule has 27 heavy (non-hydrogen) atoms. The van der Waals surface area contributed by atoms with Gasteiger partial charge in [0, 0.05) is 29.7 Å². The Morgan fingerprint density at radius 2 is 1.07 bits per heavy atom. The van der Waals surface area contributed by atoms with Crippen LogP contribution < -0.4 is 19.7 Å². The highest BCUT2D eigenvalue weighted by molar-refractivity contribution is 5.89. The molecular weight excluding hydrogens is 340 g/mol. The van der Waals surface area contributed by atoms with Gasteiger partial charge in [-0.3, -0.25) is 4.79 Å². The first-order valence-corrected chi connectivity index (χ1v) is 8.56. The maximum Gasteiger partial charge on any atom is 0.221 e. The van der Waals surface area contributed by atoms with E-state index in [0.717, 1.165) is 34.2 Å². The first-order valence-electron chi connectivity index (χ1n) is 8.56. The molecule has 0 bridgehead atoms. The lowest BCUT2D eigenvalue weighted by Crippen LogP contribution is -2.10. The first-order chi connectivity index (χ1) is 13.1. The Bertz CT molecular complexity index is 841. The van der Waals surface area contributed by atoms with Crippen molar-refractivity contribution < 1.29 is 14.3 Å². The number of carbonyl (C=O) groups is 1. The van der Waals surface area contributed by atoms with Crippen molar-refractivity contribution in [3.05, 3.63) is 72.8 Å². The van der Waals surface area contributed by atoms with Crippen LogP contribution in [0.5, 0.6) is 11.5 Å². The lowest BCUT2D eigenvalue weighted by molar-refractivity contribution is -0.114. The summed E-state index contributed by atoms with van der Waals surface area (Å²) < 4.78 is 10.5. The van der Waals surface area contributed by atoms with Crippen molar-refractivity contribution in [3.8, 4) is 11.5 Å². The minimum Gasteiger partial charge on any atom is -0.497 e. The van der Waals surface area contributed by atoms with Gasteiger partial charge < -0.3 is 19.7 Å². The van der Waals surface area contributed by atoms with Crippen molar-refractivity contribution >= 4 is 28.7 Å². The van der Waals surface area contributed by atoms with Gasteiger partial charge in [-0.25, -0.2) is 0 Å². The molecule has 0 radical (unpaired) electrons. The molecule has 1 amide bonds. The SMILES string of the molecule is COc1ccc(N(c2ccc(NC(C)=O)cc2)c2ccc(OC)cc2)cc1. The number of anilines is 4. The fourth-order valence-electron chi connectivity index (χ4n) is 2.81. The van der Waals surface area contributed by atoms with Gasteiger partial charge in [0.1, 0.15) is 11.5 Å².